The molecule has 17 heavy (non-hydrogen) atoms. The average molecular weight is 249 g/mol. The lowest BCUT2D eigenvalue weighted by molar-refractivity contribution is 0.558. The fourth-order valence-corrected chi connectivity index (χ4v) is 3.33. The van der Waals surface area contributed by atoms with Crippen molar-refractivity contribution in [2.75, 3.05) is 11.5 Å². The average Bonchev–Trinajstić information content (AvgIpc) is 2.92. The fraction of sp³-hybridized carbons (Fsp3) is 0.417. The molecule has 4 nitrogen and oxygen atoms in total. The molecule has 1 saturated heterocycles. The highest BCUT2D eigenvalue weighted by molar-refractivity contribution is 7.99. The van der Waals surface area contributed by atoms with E-state index in [4.69, 9.17) is 0 Å². The molecule has 0 amide bonds. The summed E-state index contributed by atoms with van der Waals surface area (Å²) in [7, 11) is 0. The molecule has 1 aromatic heterocycles. The van der Waals surface area contributed by atoms with Crippen molar-refractivity contribution in [2.45, 2.75) is 19.0 Å². The van der Waals surface area contributed by atoms with E-state index in [9.17, 15) is 4.79 Å². The van der Waals surface area contributed by atoms with E-state index in [-0.39, 0.29) is 5.69 Å². The Morgan fingerprint density at radius 1 is 1.35 bits per heavy atom. The van der Waals surface area contributed by atoms with Crippen LogP contribution in [0.1, 0.15) is 12.0 Å². The van der Waals surface area contributed by atoms with Gasteiger partial charge in [-0.3, -0.25) is 0 Å². The maximum absolute atomic E-state index is 11.1. The molecule has 2 heterocycles. The Morgan fingerprint density at radius 2 is 2.24 bits per heavy atom. The van der Waals surface area contributed by atoms with E-state index >= 15 is 0 Å². The second-order valence-electron chi connectivity index (χ2n) is 4.40. The highest BCUT2D eigenvalue weighted by Crippen LogP contribution is 2.18. The van der Waals surface area contributed by atoms with E-state index in [2.05, 4.69) is 21.4 Å². The molecule has 1 aliphatic heterocycles. The summed E-state index contributed by atoms with van der Waals surface area (Å²) in [4.78, 5) is 16.7. The molecule has 3 rings (SSSR count). The molecule has 0 spiro atoms. The first-order chi connectivity index (χ1) is 8.31. The lowest BCUT2D eigenvalue weighted by atomic mass is 10.2. The minimum Gasteiger partial charge on any atom is -0.309 e. The number of hydrogen-bond acceptors (Lipinski definition) is 3. The Labute approximate surface area is 103 Å². The van der Waals surface area contributed by atoms with E-state index in [1.165, 1.54) is 23.5 Å². The smallest absolute Gasteiger partial charge is 0.309 e. The third kappa shape index (κ3) is 2.40. The first kappa shape index (κ1) is 10.9. The third-order valence-corrected chi connectivity index (χ3v) is 4.27. The number of fused-ring (bicyclic) bond motifs is 1. The SMILES string of the molecule is O=c1[nH]c2ccc(CNC3CCSC3)cc2[nH]1. The number of aromatic amines is 2. The van der Waals surface area contributed by atoms with Crippen LogP contribution >= 0.6 is 11.8 Å². The zero-order chi connectivity index (χ0) is 11.7. The molecular weight excluding hydrogens is 234 g/mol. The molecule has 2 aromatic rings. The molecule has 1 unspecified atom stereocenters. The van der Waals surface area contributed by atoms with Crippen molar-refractivity contribution < 1.29 is 0 Å². The largest absolute Gasteiger partial charge is 0.323 e. The second-order valence-corrected chi connectivity index (χ2v) is 5.55. The van der Waals surface area contributed by atoms with Crippen LogP contribution < -0.4 is 11.0 Å². The summed E-state index contributed by atoms with van der Waals surface area (Å²) in [6.45, 7) is 0.869. The van der Waals surface area contributed by atoms with Crippen molar-refractivity contribution in [1.82, 2.24) is 15.3 Å². The quantitative estimate of drug-likeness (QED) is 0.771. The van der Waals surface area contributed by atoms with Crippen LogP contribution in [0, 0.1) is 0 Å². The van der Waals surface area contributed by atoms with Crippen molar-refractivity contribution in [3.63, 3.8) is 0 Å². The number of aromatic nitrogens is 2. The highest BCUT2D eigenvalue weighted by atomic mass is 32.2. The third-order valence-electron chi connectivity index (χ3n) is 3.10. The predicted octanol–water partition coefficient (Wildman–Crippen LogP) is 1.45. The van der Waals surface area contributed by atoms with Crippen molar-refractivity contribution >= 4 is 22.8 Å². The summed E-state index contributed by atoms with van der Waals surface area (Å²) >= 11 is 2.01. The van der Waals surface area contributed by atoms with E-state index in [1.807, 2.05) is 23.9 Å². The minimum atomic E-state index is -0.141. The minimum absolute atomic E-state index is 0.141. The van der Waals surface area contributed by atoms with Gasteiger partial charge in [0.05, 0.1) is 11.0 Å². The van der Waals surface area contributed by atoms with Crippen molar-refractivity contribution in [2.24, 2.45) is 0 Å². The van der Waals surface area contributed by atoms with Gasteiger partial charge in [-0.2, -0.15) is 11.8 Å². The number of benzene rings is 1. The van der Waals surface area contributed by atoms with Gasteiger partial charge in [-0.15, -0.1) is 0 Å². The van der Waals surface area contributed by atoms with Crippen LogP contribution in [0.2, 0.25) is 0 Å². The van der Waals surface area contributed by atoms with E-state index in [0.717, 1.165) is 17.6 Å². The summed E-state index contributed by atoms with van der Waals surface area (Å²) in [5.41, 5.74) is 2.83. The lowest BCUT2D eigenvalue weighted by Gasteiger charge is -2.10. The number of hydrogen-bond donors (Lipinski definition) is 3. The summed E-state index contributed by atoms with van der Waals surface area (Å²) in [5.74, 6) is 2.48. The first-order valence-corrected chi connectivity index (χ1v) is 6.99. The monoisotopic (exact) mass is 249 g/mol. The Hall–Kier alpha value is -1.20. The highest BCUT2D eigenvalue weighted by Gasteiger charge is 2.14. The Kier molecular flexibility index (Phi) is 2.94. The van der Waals surface area contributed by atoms with Gasteiger partial charge in [-0.05, 0) is 29.9 Å². The Balaban J connectivity index is 1.73. The predicted molar refractivity (Wildman–Crippen MR) is 71.5 cm³/mol. The van der Waals surface area contributed by atoms with Crippen molar-refractivity contribution in [3.05, 3.63) is 34.2 Å². The zero-order valence-corrected chi connectivity index (χ0v) is 10.3. The van der Waals surface area contributed by atoms with Gasteiger partial charge < -0.3 is 15.3 Å². The van der Waals surface area contributed by atoms with Gasteiger partial charge in [0.25, 0.3) is 0 Å². The molecule has 1 fully saturated rings. The fourth-order valence-electron chi connectivity index (χ4n) is 2.15. The van der Waals surface area contributed by atoms with Gasteiger partial charge in [-0.25, -0.2) is 4.79 Å². The van der Waals surface area contributed by atoms with Gasteiger partial charge in [0.1, 0.15) is 0 Å². The maximum atomic E-state index is 11.1. The molecule has 0 bridgehead atoms. The second kappa shape index (κ2) is 4.58. The van der Waals surface area contributed by atoms with Gasteiger partial charge in [0, 0.05) is 18.3 Å². The van der Waals surface area contributed by atoms with Gasteiger partial charge in [0.15, 0.2) is 0 Å². The van der Waals surface area contributed by atoms with Crippen LogP contribution in [0.25, 0.3) is 11.0 Å². The van der Waals surface area contributed by atoms with E-state index < -0.39 is 0 Å². The molecule has 90 valence electrons. The summed E-state index contributed by atoms with van der Waals surface area (Å²) in [6.07, 6.45) is 1.26. The Bertz CT molecular complexity index is 568. The number of nitrogens with one attached hydrogen (secondary N) is 3. The molecule has 0 saturated carbocycles. The lowest BCUT2D eigenvalue weighted by Crippen LogP contribution is -2.27. The first-order valence-electron chi connectivity index (χ1n) is 5.83. The number of thioether (sulfide) groups is 1. The van der Waals surface area contributed by atoms with Gasteiger partial charge in [0.2, 0.25) is 0 Å². The summed E-state index contributed by atoms with van der Waals surface area (Å²) < 4.78 is 0. The molecule has 1 aliphatic rings. The maximum Gasteiger partial charge on any atom is 0.323 e. The zero-order valence-electron chi connectivity index (χ0n) is 9.45. The molecule has 1 aromatic carbocycles. The van der Waals surface area contributed by atoms with Crippen molar-refractivity contribution in [3.8, 4) is 0 Å². The van der Waals surface area contributed by atoms with Crippen LogP contribution in [0.4, 0.5) is 0 Å². The van der Waals surface area contributed by atoms with E-state index in [1.54, 1.807) is 0 Å². The Morgan fingerprint density at radius 3 is 3.06 bits per heavy atom. The van der Waals surface area contributed by atoms with Crippen molar-refractivity contribution in [1.29, 1.82) is 0 Å². The summed E-state index contributed by atoms with van der Waals surface area (Å²) in [5, 5.41) is 3.55. The molecule has 1 atom stereocenters. The van der Waals surface area contributed by atoms with Crippen LogP contribution in [0.5, 0.6) is 0 Å². The topological polar surface area (TPSA) is 60.7 Å². The molecular formula is C12H15N3OS. The molecule has 0 radical (unpaired) electrons. The van der Waals surface area contributed by atoms with Crippen LogP contribution in [-0.4, -0.2) is 27.5 Å². The number of rotatable bonds is 3. The number of imidazole rings is 1. The normalized spacial score (nSPS) is 20.1. The van der Waals surface area contributed by atoms with Gasteiger partial charge in [-0.1, -0.05) is 6.07 Å². The summed E-state index contributed by atoms with van der Waals surface area (Å²) in [6, 6.07) is 6.68. The van der Waals surface area contributed by atoms with Crippen LogP contribution in [0.3, 0.4) is 0 Å². The van der Waals surface area contributed by atoms with Crippen LogP contribution in [-0.2, 0) is 6.54 Å². The van der Waals surface area contributed by atoms with Gasteiger partial charge >= 0.3 is 5.69 Å². The molecule has 3 N–H and O–H groups in total. The molecule has 5 heteroatoms. The standard InChI is InChI=1S/C12H15N3OS/c16-12-14-10-2-1-8(5-11(10)15-12)6-13-9-3-4-17-7-9/h1-2,5,9,13H,3-4,6-7H2,(H2,14,15,16). The molecule has 0 aliphatic carbocycles. The van der Waals surface area contributed by atoms with Crippen LogP contribution in [0.15, 0.2) is 23.0 Å². The van der Waals surface area contributed by atoms with E-state index in [0.29, 0.717) is 6.04 Å². The number of H-pyrrole nitrogens is 2.